The average Bonchev–Trinajstić information content (AvgIpc) is 2.76. The number of hydrogen-bond acceptors (Lipinski definition) is 6. The van der Waals surface area contributed by atoms with Crippen LogP contribution in [-0.4, -0.2) is 28.3 Å². The van der Waals surface area contributed by atoms with Crippen LogP contribution in [0.15, 0.2) is 48.5 Å². The normalized spacial score (nSPS) is 14.3. The van der Waals surface area contributed by atoms with Crippen molar-refractivity contribution in [2.75, 3.05) is 6.61 Å². The predicted octanol–water partition coefficient (Wildman–Crippen LogP) is 4.77. The maximum atomic E-state index is 12.9. The van der Waals surface area contributed by atoms with Crippen molar-refractivity contribution in [2.24, 2.45) is 0 Å². The first-order valence-electron chi connectivity index (χ1n) is 9.97. The summed E-state index contributed by atoms with van der Waals surface area (Å²) in [6.45, 7) is 1.09. The Morgan fingerprint density at radius 1 is 1.16 bits per heavy atom. The summed E-state index contributed by atoms with van der Waals surface area (Å²) in [7, 11) is 0. The maximum Gasteiger partial charge on any atom is 0.339 e. The van der Waals surface area contributed by atoms with Gasteiger partial charge in [-0.1, -0.05) is 30.3 Å². The second kappa shape index (κ2) is 8.47. The van der Waals surface area contributed by atoms with Crippen LogP contribution in [0.4, 0.5) is 5.69 Å². The lowest BCUT2D eigenvalue weighted by molar-refractivity contribution is -0.384. The van der Waals surface area contributed by atoms with Gasteiger partial charge in [0.1, 0.15) is 6.61 Å². The first kappa shape index (κ1) is 20.4. The molecule has 0 bridgehead atoms. The molecule has 0 radical (unpaired) electrons. The minimum Gasteiger partial charge on any atom is -0.454 e. The summed E-state index contributed by atoms with van der Waals surface area (Å²) >= 11 is 0. The van der Waals surface area contributed by atoms with Gasteiger partial charge in [0.15, 0.2) is 5.78 Å². The van der Waals surface area contributed by atoms with Crippen LogP contribution < -0.4 is 0 Å². The van der Waals surface area contributed by atoms with Gasteiger partial charge in [-0.25, -0.2) is 9.78 Å². The van der Waals surface area contributed by atoms with Gasteiger partial charge in [-0.2, -0.15) is 0 Å². The molecule has 7 nitrogen and oxygen atoms in total. The first-order chi connectivity index (χ1) is 14.9. The highest BCUT2D eigenvalue weighted by Crippen LogP contribution is 2.36. The third-order valence-corrected chi connectivity index (χ3v) is 5.20. The Morgan fingerprint density at radius 2 is 1.97 bits per heavy atom. The molecule has 1 aliphatic carbocycles. The van der Waals surface area contributed by atoms with E-state index in [-0.39, 0.29) is 18.1 Å². The molecule has 31 heavy (non-hydrogen) atoms. The summed E-state index contributed by atoms with van der Waals surface area (Å²) in [5.74, 6) is -0.770. The lowest BCUT2D eigenvalue weighted by atomic mass is 9.86. The summed E-state index contributed by atoms with van der Waals surface area (Å²) in [5.41, 5.74) is 4.21. The lowest BCUT2D eigenvalue weighted by Crippen LogP contribution is -2.17. The van der Waals surface area contributed by atoms with E-state index in [1.54, 1.807) is 12.1 Å². The molecule has 3 aromatic rings. The van der Waals surface area contributed by atoms with Gasteiger partial charge >= 0.3 is 5.97 Å². The number of carbonyl (C=O) groups is 2. The summed E-state index contributed by atoms with van der Waals surface area (Å²) in [6, 6.07) is 13.8. The monoisotopic (exact) mass is 416 g/mol. The van der Waals surface area contributed by atoms with Crippen LogP contribution in [0.2, 0.25) is 0 Å². The number of aromatic nitrogens is 1. The molecule has 156 valence electrons. The highest BCUT2D eigenvalue weighted by molar-refractivity contribution is 6.07. The van der Waals surface area contributed by atoms with Crippen molar-refractivity contribution < 1.29 is 19.2 Å². The zero-order valence-corrected chi connectivity index (χ0v) is 17.0. The Balaban J connectivity index is 1.86. The van der Waals surface area contributed by atoms with Gasteiger partial charge in [0, 0.05) is 17.5 Å². The highest BCUT2D eigenvalue weighted by atomic mass is 16.6. The molecule has 0 N–H and O–H groups in total. The number of carbonyl (C=O) groups excluding carboxylic acids is 2. The van der Waals surface area contributed by atoms with Crippen molar-refractivity contribution in [3.8, 4) is 0 Å². The fraction of sp³-hybridized carbons (Fsp3) is 0.208. The van der Waals surface area contributed by atoms with Gasteiger partial charge < -0.3 is 4.74 Å². The quantitative estimate of drug-likeness (QED) is 0.338. The van der Waals surface area contributed by atoms with Crippen molar-refractivity contribution in [1.82, 2.24) is 4.98 Å². The Morgan fingerprint density at radius 3 is 2.74 bits per heavy atom. The van der Waals surface area contributed by atoms with Crippen molar-refractivity contribution in [3.05, 3.63) is 81.0 Å². The topological polar surface area (TPSA) is 99.4 Å². The molecule has 1 heterocycles. The third-order valence-electron chi connectivity index (χ3n) is 5.20. The molecule has 0 saturated heterocycles. The van der Waals surface area contributed by atoms with Crippen LogP contribution in [0.5, 0.6) is 0 Å². The fourth-order valence-electron chi connectivity index (χ4n) is 3.88. The largest absolute Gasteiger partial charge is 0.454 e. The van der Waals surface area contributed by atoms with E-state index < -0.39 is 10.9 Å². The fourth-order valence-corrected chi connectivity index (χ4v) is 3.88. The van der Waals surface area contributed by atoms with Crippen LogP contribution >= 0.6 is 0 Å². The maximum absolute atomic E-state index is 12.9. The van der Waals surface area contributed by atoms with Crippen molar-refractivity contribution in [1.29, 1.82) is 0 Å². The number of nitro benzene ring substituents is 1. The molecule has 0 unspecified atom stereocenters. The molecule has 0 fully saturated rings. The highest BCUT2D eigenvalue weighted by Gasteiger charge is 2.26. The number of nitro groups is 1. The molecule has 0 saturated carbocycles. The second-order valence-electron chi connectivity index (χ2n) is 7.48. The van der Waals surface area contributed by atoms with Gasteiger partial charge in [0.05, 0.1) is 21.7 Å². The minimum atomic E-state index is -0.540. The van der Waals surface area contributed by atoms with Crippen LogP contribution in [0, 0.1) is 10.1 Å². The summed E-state index contributed by atoms with van der Waals surface area (Å²) < 4.78 is 5.25. The summed E-state index contributed by atoms with van der Waals surface area (Å²) in [4.78, 5) is 39.7. The Bertz CT molecular complexity index is 1250. The standard InChI is InChI=1S/C24H20N2O5/c1-15(27)14-31-24(28)22-19-9-2-3-11-21(19)25-23-17(7-5-10-20(22)23)12-16-6-4-8-18(13-16)26(29)30/h2-4,6,8-9,11-13H,5,7,10,14H2,1H3/b17-12-. The Labute approximate surface area is 178 Å². The molecule has 2 aromatic carbocycles. The van der Waals surface area contributed by atoms with Crippen LogP contribution in [0.25, 0.3) is 22.6 Å². The number of hydrogen-bond donors (Lipinski definition) is 0. The number of Topliss-reactive ketones (excluding diaryl/α,β-unsaturated/α-hetero) is 1. The SMILES string of the molecule is CC(=O)COC(=O)c1c2c(nc3ccccc13)/C(=C\c1cccc([N+](=O)[O-])c1)CCC2. The molecule has 1 aliphatic rings. The van der Waals surface area contributed by atoms with E-state index in [2.05, 4.69) is 0 Å². The van der Waals surface area contributed by atoms with Crippen molar-refractivity contribution in [2.45, 2.75) is 26.2 Å². The second-order valence-corrected chi connectivity index (χ2v) is 7.48. The first-order valence-corrected chi connectivity index (χ1v) is 9.97. The van der Waals surface area contributed by atoms with Gasteiger partial charge in [-0.3, -0.25) is 14.9 Å². The summed E-state index contributed by atoms with van der Waals surface area (Å²) in [6.07, 6.45) is 4.09. The molecule has 0 aliphatic heterocycles. The number of rotatable bonds is 5. The Hall–Kier alpha value is -3.87. The van der Waals surface area contributed by atoms with E-state index in [0.29, 0.717) is 34.1 Å². The molecular formula is C24H20N2O5. The van der Waals surface area contributed by atoms with E-state index in [0.717, 1.165) is 24.0 Å². The number of fused-ring (bicyclic) bond motifs is 2. The smallest absolute Gasteiger partial charge is 0.339 e. The number of pyridine rings is 1. The van der Waals surface area contributed by atoms with Gasteiger partial charge in [0.2, 0.25) is 0 Å². The van der Waals surface area contributed by atoms with E-state index in [1.807, 2.05) is 30.3 Å². The summed E-state index contributed by atoms with van der Waals surface area (Å²) in [5, 5.41) is 11.8. The lowest BCUT2D eigenvalue weighted by Gasteiger charge is -2.22. The third kappa shape index (κ3) is 4.21. The predicted molar refractivity (Wildman–Crippen MR) is 117 cm³/mol. The number of allylic oxidation sites excluding steroid dienone is 1. The molecule has 4 rings (SSSR count). The van der Waals surface area contributed by atoms with Crippen molar-refractivity contribution >= 4 is 40.0 Å². The molecular weight excluding hydrogens is 396 g/mol. The van der Waals surface area contributed by atoms with E-state index >= 15 is 0 Å². The minimum absolute atomic E-state index is 0.0188. The van der Waals surface area contributed by atoms with E-state index in [4.69, 9.17) is 9.72 Å². The van der Waals surface area contributed by atoms with Gasteiger partial charge in [0.25, 0.3) is 5.69 Å². The van der Waals surface area contributed by atoms with Crippen LogP contribution in [-0.2, 0) is 16.0 Å². The van der Waals surface area contributed by atoms with Gasteiger partial charge in [-0.05, 0) is 55.0 Å². The number of esters is 1. The number of para-hydroxylation sites is 1. The van der Waals surface area contributed by atoms with E-state index in [9.17, 15) is 19.7 Å². The molecule has 7 heteroatoms. The molecule has 0 spiro atoms. The van der Waals surface area contributed by atoms with Gasteiger partial charge in [-0.15, -0.1) is 0 Å². The van der Waals surface area contributed by atoms with Crippen LogP contribution in [0.3, 0.4) is 0 Å². The Kier molecular flexibility index (Phi) is 5.58. The van der Waals surface area contributed by atoms with E-state index in [1.165, 1.54) is 19.1 Å². The number of ketones is 1. The molecule has 1 aromatic heterocycles. The van der Waals surface area contributed by atoms with Crippen molar-refractivity contribution in [3.63, 3.8) is 0 Å². The molecule has 0 atom stereocenters. The zero-order chi connectivity index (χ0) is 22.0. The number of ether oxygens (including phenoxy) is 1. The number of nitrogens with zero attached hydrogens (tertiary/aromatic N) is 2. The van der Waals surface area contributed by atoms with Crippen LogP contribution in [0.1, 0.15) is 46.9 Å². The number of non-ortho nitro benzene ring substituents is 1. The molecule has 0 amide bonds. The zero-order valence-electron chi connectivity index (χ0n) is 17.0. The number of benzene rings is 2. The average molecular weight is 416 g/mol.